The molecule has 2 aliphatic heterocycles. The van der Waals surface area contributed by atoms with Crippen LogP contribution in [0.15, 0.2) is 6.20 Å². The lowest BCUT2D eigenvalue weighted by molar-refractivity contribution is 0.405. The Hall–Kier alpha value is -0.830. The lowest BCUT2D eigenvalue weighted by Crippen LogP contribution is -2.27. The van der Waals surface area contributed by atoms with Crippen LogP contribution in [0.5, 0.6) is 0 Å². The summed E-state index contributed by atoms with van der Waals surface area (Å²) in [5.41, 5.74) is 1.28. The van der Waals surface area contributed by atoms with Gasteiger partial charge >= 0.3 is 0 Å². The minimum atomic E-state index is 0.513. The normalized spacial score (nSPS) is 30.1. The topological polar surface area (TPSA) is 29.9 Å². The Bertz CT molecular complexity index is 363. The fourth-order valence-corrected chi connectivity index (χ4v) is 2.99. The van der Waals surface area contributed by atoms with Crippen molar-refractivity contribution in [2.24, 2.45) is 0 Å². The number of hydrogen-bond donors (Lipinski definition) is 1. The van der Waals surface area contributed by atoms with E-state index in [0.717, 1.165) is 13.0 Å². The molecule has 0 bridgehead atoms. The van der Waals surface area contributed by atoms with Crippen LogP contribution in [0.25, 0.3) is 0 Å². The van der Waals surface area contributed by atoms with E-state index in [0.29, 0.717) is 12.1 Å². The SMILES string of the molecule is C[C@H]1CCCc2nc([C@@H]3CCCCN3)cn21. The zero-order chi connectivity index (χ0) is 11.0. The fourth-order valence-electron chi connectivity index (χ4n) is 2.99. The van der Waals surface area contributed by atoms with Crippen molar-refractivity contribution in [2.75, 3.05) is 6.54 Å². The largest absolute Gasteiger partial charge is 0.332 e. The van der Waals surface area contributed by atoms with E-state index < -0.39 is 0 Å². The van der Waals surface area contributed by atoms with E-state index in [1.54, 1.807) is 0 Å². The van der Waals surface area contributed by atoms with Crippen LogP contribution >= 0.6 is 0 Å². The lowest BCUT2D eigenvalue weighted by Gasteiger charge is -2.21. The van der Waals surface area contributed by atoms with Crippen molar-refractivity contribution in [3.8, 4) is 0 Å². The summed E-state index contributed by atoms with van der Waals surface area (Å²) >= 11 is 0. The van der Waals surface area contributed by atoms with Crippen molar-refractivity contribution in [2.45, 2.75) is 57.5 Å². The first kappa shape index (κ1) is 10.3. The Labute approximate surface area is 97.3 Å². The molecule has 1 aromatic rings. The van der Waals surface area contributed by atoms with Crippen LogP contribution in [0.2, 0.25) is 0 Å². The van der Waals surface area contributed by atoms with Gasteiger partial charge in [-0.15, -0.1) is 0 Å². The van der Waals surface area contributed by atoms with E-state index in [4.69, 9.17) is 4.98 Å². The second-order valence-corrected chi connectivity index (χ2v) is 5.23. The van der Waals surface area contributed by atoms with E-state index in [1.807, 2.05) is 0 Å². The van der Waals surface area contributed by atoms with Gasteiger partial charge in [0.15, 0.2) is 0 Å². The van der Waals surface area contributed by atoms with Gasteiger partial charge in [-0.3, -0.25) is 0 Å². The van der Waals surface area contributed by atoms with E-state index in [1.165, 1.54) is 43.6 Å². The van der Waals surface area contributed by atoms with Crippen molar-refractivity contribution < 1.29 is 0 Å². The molecule has 0 radical (unpaired) electrons. The van der Waals surface area contributed by atoms with Crippen molar-refractivity contribution in [3.63, 3.8) is 0 Å². The first-order valence-electron chi connectivity index (χ1n) is 6.65. The van der Waals surface area contributed by atoms with E-state index in [-0.39, 0.29) is 0 Å². The summed E-state index contributed by atoms with van der Waals surface area (Å²) in [5, 5.41) is 3.58. The van der Waals surface area contributed by atoms with Gasteiger partial charge in [0, 0.05) is 18.7 Å². The van der Waals surface area contributed by atoms with Crippen LogP contribution in [-0.4, -0.2) is 16.1 Å². The molecule has 1 aromatic heterocycles. The number of fused-ring (bicyclic) bond motifs is 1. The van der Waals surface area contributed by atoms with Gasteiger partial charge in [-0.2, -0.15) is 0 Å². The van der Waals surface area contributed by atoms with Crippen molar-refractivity contribution in [1.29, 1.82) is 0 Å². The smallest absolute Gasteiger partial charge is 0.109 e. The molecule has 0 aliphatic carbocycles. The fraction of sp³-hybridized carbons (Fsp3) is 0.769. The summed E-state index contributed by atoms with van der Waals surface area (Å²) in [6.45, 7) is 3.46. The zero-order valence-corrected chi connectivity index (χ0v) is 10.1. The number of hydrogen-bond acceptors (Lipinski definition) is 2. The van der Waals surface area contributed by atoms with E-state index >= 15 is 0 Å². The number of rotatable bonds is 1. The molecule has 0 saturated carbocycles. The number of nitrogens with one attached hydrogen (secondary N) is 1. The Morgan fingerprint density at radius 1 is 1.31 bits per heavy atom. The third kappa shape index (κ3) is 1.77. The molecule has 88 valence electrons. The van der Waals surface area contributed by atoms with Crippen LogP contribution < -0.4 is 5.32 Å². The molecule has 1 fully saturated rings. The molecule has 0 spiro atoms. The molecule has 3 rings (SSSR count). The number of nitrogens with zero attached hydrogens (tertiary/aromatic N) is 2. The van der Waals surface area contributed by atoms with Crippen molar-refractivity contribution in [3.05, 3.63) is 17.7 Å². The third-order valence-corrected chi connectivity index (χ3v) is 3.99. The molecule has 3 heterocycles. The highest BCUT2D eigenvalue weighted by Gasteiger charge is 2.22. The highest BCUT2D eigenvalue weighted by Crippen LogP contribution is 2.28. The number of aromatic nitrogens is 2. The van der Waals surface area contributed by atoms with Gasteiger partial charge in [-0.1, -0.05) is 6.42 Å². The van der Waals surface area contributed by atoms with Gasteiger partial charge in [0.25, 0.3) is 0 Å². The predicted octanol–water partition coefficient (Wildman–Crippen LogP) is 2.60. The monoisotopic (exact) mass is 219 g/mol. The van der Waals surface area contributed by atoms with Gasteiger partial charge < -0.3 is 9.88 Å². The second-order valence-electron chi connectivity index (χ2n) is 5.23. The Balaban J connectivity index is 1.85. The van der Waals surface area contributed by atoms with Crippen molar-refractivity contribution >= 4 is 0 Å². The lowest BCUT2D eigenvalue weighted by atomic mass is 10.0. The summed E-state index contributed by atoms with van der Waals surface area (Å²) in [6, 6.07) is 1.16. The molecule has 2 aliphatic rings. The molecule has 0 aromatic carbocycles. The maximum Gasteiger partial charge on any atom is 0.109 e. The van der Waals surface area contributed by atoms with Gasteiger partial charge in [-0.05, 0) is 39.2 Å². The quantitative estimate of drug-likeness (QED) is 0.787. The van der Waals surface area contributed by atoms with Crippen molar-refractivity contribution in [1.82, 2.24) is 14.9 Å². The highest BCUT2D eigenvalue weighted by atomic mass is 15.1. The maximum atomic E-state index is 4.83. The average Bonchev–Trinajstić information content (AvgIpc) is 2.76. The molecule has 16 heavy (non-hydrogen) atoms. The first-order valence-corrected chi connectivity index (χ1v) is 6.65. The molecular weight excluding hydrogens is 198 g/mol. The van der Waals surface area contributed by atoms with Crippen LogP contribution in [0, 0.1) is 0 Å². The van der Waals surface area contributed by atoms with Gasteiger partial charge in [-0.25, -0.2) is 4.98 Å². The van der Waals surface area contributed by atoms with Crippen LogP contribution in [0.1, 0.15) is 62.6 Å². The standard InChI is InChI=1S/C13H21N3/c1-10-5-4-7-13-15-12(9-16(10)13)11-6-2-3-8-14-11/h9-11,14H,2-8H2,1H3/t10-,11-/m0/s1. The van der Waals surface area contributed by atoms with E-state index in [9.17, 15) is 0 Å². The third-order valence-electron chi connectivity index (χ3n) is 3.99. The number of aryl methyl sites for hydroxylation is 1. The molecule has 1 saturated heterocycles. The molecule has 3 nitrogen and oxygen atoms in total. The number of imidazole rings is 1. The molecule has 1 N–H and O–H groups in total. The predicted molar refractivity (Wildman–Crippen MR) is 64.5 cm³/mol. The maximum absolute atomic E-state index is 4.83. The summed E-state index contributed by atoms with van der Waals surface area (Å²) in [7, 11) is 0. The van der Waals surface area contributed by atoms with Gasteiger partial charge in [0.05, 0.1) is 11.7 Å². The van der Waals surface area contributed by atoms with Crippen LogP contribution in [-0.2, 0) is 6.42 Å². The summed E-state index contributed by atoms with van der Waals surface area (Å²) in [4.78, 5) is 4.83. The molecule has 0 unspecified atom stereocenters. The zero-order valence-electron chi connectivity index (χ0n) is 10.1. The molecule has 2 atom stereocenters. The Morgan fingerprint density at radius 3 is 3.00 bits per heavy atom. The minimum Gasteiger partial charge on any atom is -0.332 e. The summed E-state index contributed by atoms with van der Waals surface area (Å²) in [5.74, 6) is 1.31. The first-order chi connectivity index (χ1) is 7.84. The van der Waals surface area contributed by atoms with Crippen LogP contribution in [0.4, 0.5) is 0 Å². The molecule has 0 amide bonds. The second kappa shape index (κ2) is 4.21. The minimum absolute atomic E-state index is 0.513. The molecular formula is C13H21N3. The Kier molecular flexibility index (Phi) is 2.72. The summed E-state index contributed by atoms with van der Waals surface area (Å²) < 4.78 is 2.40. The van der Waals surface area contributed by atoms with Gasteiger partial charge in [0.2, 0.25) is 0 Å². The van der Waals surface area contributed by atoms with E-state index in [2.05, 4.69) is 23.0 Å². The number of piperidine rings is 1. The van der Waals surface area contributed by atoms with Gasteiger partial charge in [0.1, 0.15) is 5.82 Å². The Morgan fingerprint density at radius 2 is 2.25 bits per heavy atom. The molecule has 3 heteroatoms. The highest BCUT2D eigenvalue weighted by molar-refractivity contribution is 5.12. The van der Waals surface area contributed by atoms with Crippen LogP contribution in [0.3, 0.4) is 0 Å². The average molecular weight is 219 g/mol. The summed E-state index contributed by atoms with van der Waals surface area (Å²) in [6.07, 6.45) is 9.98.